The molecular formula is C27H27F3N6O3. The number of hydrogen-bond donors (Lipinski definition) is 0. The first-order valence-electron chi connectivity index (χ1n) is 12.8. The third-order valence-electron chi connectivity index (χ3n) is 8.01. The SMILES string of the molecule is CC(C)(C)OC(=O)N1CC(Cc2nnc([C@]34CN(c5ccc(C#N)c6ncccc56)C[C@@]3(C(F)(F)F)C4)o2)C1. The number of amides is 1. The van der Waals surface area contributed by atoms with Crippen molar-refractivity contribution < 1.29 is 27.1 Å². The minimum absolute atomic E-state index is 0.00303. The van der Waals surface area contributed by atoms with Crippen LogP contribution in [0.3, 0.4) is 0 Å². The molecule has 0 spiro atoms. The monoisotopic (exact) mass is 540 g/mol. The molecule has 3 fully saturated rings. The highest BCUT2D eigenvalue weighted by molar-refractivity contribution is 5.95. The molecule has 39 heavy (non-hydrogen) atoms. The Morgan fingerprint density at radius 3 is 2.67 bits per heavy atom. The van der Waals surface area contributed by atoms with Crippen LogP contribution in [0, 0.1) is 22.7 Å². The van der Waals surface area contributed by atoms with Gasteiger partial charge in [0.15, 0.2) is 0 Å². The van der Waals surface area contributed by atoms with E-state index in [1.165, 1.54) is 0 Å². The first-order chi connectivity index (χ1) is 18.4. The number of anilines is 1. The number of rotatable bonds is 4. The average molecular weight is 541 g/mol. The summed E-state index contributed by atoms with van der Waals surface area (Å²) in [6.07, 6.45) is -3.06. The van der Waals surface area contributed by atoms with Crippen molar-refractivity contribution in [2.24, 2.45) is 11.3 Å². The number of pyridine rings is 1. The fourth-order valence-electron chi connectivity index (χ4n) is 6.05. The smallest absolute Gasteiger partial charge is 0.410 e. The summed E-state index contributed by atoms with van der Waals surface area (Å²) in [6.45, 7) is 6.11. The number of aromatic nitrogens is 3. The number of nitriles is 1. The van der Waals surface area contributed by atoms with E-state index in [-0.39, 0.29) is 37.2 Å². The van der Waals surface area contributed by atoms with E-state index >= 15 is 0 Å². The van der Waals surface area contributed by atoms with E-state index < -0.39 is 28.7 Å². The molecule has 9 nitrogen and oxygen atoms in total. The van der Waals surface area contributed by atoms with Crippen LogP contribution in [0.4, 0.5) is 23.7 Å². The van der Waals surface area contributed by atoms with Gasteiger partial charge in [0.1, 0.15) is 17.1 Å². The summed E-state index contributed by atoms with van der Waals surface area (Å²) >= 11 is 0. The van der Waals surface area contributed by atoms with Crippen LogP contribution in [-0.2, 0) is 16.6 Å². The van der Waals surface area contributed by atoms with E-state index in [0.717, 1.165) is 0 Å². The molecule has 2 atom stereocenters. The number of halogens is 3. The van der Waals surface area contributed by atoms with Crippen molar-refractivity contribution in [2.45, 2.75) is 50.8 Å². The molecule has 1 aromatic carbocycles. The fourth-order valence-corrected chi connectivity index (χ4v) is 6.05. The molecular weight excluding hydrogens is 513 g/mol. The zero-order valence-electron chi connectivity index (χ0n) is 21.7. The Hall–Kier alpha value is -3.88. The second kappa shape index (κ2) is 8.31. The van der Waals surface area contributed by atoms with E-state index in [9.17, 15) is 23.2 Å². The standard InChI is InChI=1S/C27H27F3N6O3/c1-24(2,3)39-23(37)35-11-16(12-35)9-20-33-34-22(38-20)25-13-26(25,27(28,29)30)15-36(14-25)19-7-6-17(10-31)21-18(19)5-4-8-32-21/h4-8,16H,9,11-15H2,1-3H3/t25-,26-/m0/s1. The van der Waals surface area contributed by atoms with Gasteiger partial charge in [0.05, 0.1) is 16.5 Å². The van der Waals surface area contributed by atoms with Crippen LogP contribution in [-0.4, -0.2) is 64.1 Å². The minimum Gasteiger partial charge on any atom is -0.444 e. The fraction of sp³-hybridized carbons (Fsp3) is 0.519. The lowest BCUT2D eigenvalue weighted by Crippen LogP contribution is -2.52. The van der Waals surface area contributed by atoms with Gasteiger partial charge in [0, 0.05) is 55.8 Å². The summed E-state index contributed by atoms with van der Waals surface area (Å²) in [4.78, 5) is 19.7. The maximum Gasteiger partial charge on any atom is 0.410 e. The third kappa shape index (κ3) is 3.97. The largest absolute Gasteiger partial charge is 0.444 e. The molecule has 1 saturated carbocycles. The Morgan fingerprint density at radius 2 is 1.97 bits per heavy atom. The molecule has 0 radical (unpaired) electrons. The Labute approximate surface area is 222 Å². The first kappa shape index (κ1) is 25.4. The number of ether oxygens (including phenoxy) is 1. The Morgan fingerprint density at radius 1 is 1.21 bits per heavy atom. The van der Waals surface area contributed by atoms with Gasteiger partial charge in [0.25, 0.3) is 0 Å². The van der Waals surface area contributed by atoms with Crippen LogP contribution >= 0.6 is 0 Å². The van der Waals surface area contributed by atoms with Crippen LogP contribution in [0.25, 0.3) is 10.9 Å². The number of benzene rings is 1. The summed E-state index contributed by atoms with van der Waals surface area (Å²) in [5.74, 6) is 0.326. The molecule has 1 aliphatic carbocycles. The van der Waals surface area contributed by atoms with Gasteiger partial charge in [-0.1, -0.05) is 0 Å². The van der Waals surface area contributed by atoms with Crippen molar-refractivity contribution >= 4 is 22.7 Å². The van der Waals surface area contributed by atoms with Gasteiger partial charge < -0.3 is 19.0 Å². The lowest BCUT2D eigenvalue weighted by Gasteiger charge is -2.39. The van der Waals surface area contributed by atoms with Crippen molar-refractivity contribution in [3.05, 3.63) is 47.8 Å². The van der Waals surface area contributed by atoms with E-state index in [0.29, 0.717) is 41.7 Å². The van der Waals surface area contributed by atoms with Crippen LogP contribution in [0.5, 0.6) is 0 Å². The van der Waals surface area contributed by atoms with Gasteiger partial charge in [-0.15, -0.1) is 10.2 Å². The Balaban J connectivity index is 1.22. The number of fused-ring (bicyclic) bond motifs is 2. The molecule has 0 N–H and O–H groups in total. The highest BCUT2D eigenvalue weighted by Gasteiger charge is 2.86. The number of nitrogens with zero attached hydrogens (tertiary/aromatic N) is 6. The molecule has 0 bridgehead atoms. The summed E-state index contributed by atoms with van der Waals surface area (Å²) in [5.41, 5.74) is -2.54. The van der Waals surface area contributed by atoms with Gasteiger partial charge >= 0.3 is 12.3 Å². The normalized spacial score (nSPS) is 24.8. The number of carbonyl (C=O) groups excluding carboxylic acids is 1. The lowest BCUT2D eigenvalue weighted by molar-refractivity contribution is -0.187. The highest BCUT2D eigenvalue weighted by Crippen LogP contribution is 2.75. The van der Waals surface area contributed by atoms with Crippen molar-refractivity contribution in [1.29, 1.82) is 5.26 Å². The number of carbonyl (C=O) groups is 1. The number of piperidine rings is 1. The van der Waals surface area contributed by atoms with Gasteiger partial charge in [-0.05, 0) is 51.5 Å². The predicted molar refractivity (Wildman–Crippen MR) is 133 cm³/mol. The lowest BCUT2D eigenvalue weighted by atomic mass is 9.95. The van der Waals surface area contributed by atoms with Crippen molar-refractivity contribution in [3.63, 3.8) is 0 Å². The zero-order valence-corrected chi connectivity index (χ0v) is 21.7. The molecule has 12 heteroatoms. The molecule has 0 unspecified atom stereocenters. The van der Waals surface area contributed by atoms with Crippen molar-refractivity contribution in [2.75, 3.05) is 31.1 Å². The van der Waals surface area contributed by atoms with E-state index in [1.807, 2.05) is 0 Å². The van der Waals surface area contributed by atoms with Crippen LogP contribution in [0.2, 0.25) is 0 Å². The minimum atomic E-state index is -4.47. The second-order valence-electron chi connectivity index (χ2n) is 11.8. The quantitative estimate of drug-likeness (QED) is 0.472. The van der Waals surface area contributed by atoms with Crippen molar-refractivity contribution in [3.8, 4) is 6.07 Å². The molecule has 2 saturated heterocycles. The zero-order chi connectivity index (χ0) is 27.8. The third-order valence-corrected chi connectivity index (χ3v) is 8.01. The van der Waals surface area contributed by atoms with Crippen LogP contribution in [0.15, 0.2) is 34.9 Å². The molecule has 204 valence electrons. The molecule has 6 rings (SSSR count). The summed E-state index contributed by atoms with van der Waals surface area (Å²) in [6, 6.07) is 8.83. The maximum absolute atomic E-state index is 14.5. The van der Waals surface area contributed by atoms with Gasteiger partial charge in [0.2, 0.25) is 11.8 Å². The number of likely N-dealkylation sites (tertiary alicyclic amines) is 1. The molecule has 3 aromatic rings. The van der Waals surface area contributed by atoms with Crippen LogP contribution < -0.4 is 4.90 Å². The predicted octanol–water partition coefficient (Wildman–Crippen LogP) is 4.61. The number of hydrogen-bond acceptors (Lipinski definition) is 8. The topological polar surface area (TPSA) is 108 Å². The number of alkyl halides is 3. The Bertz CT molecular complexity index is 1500. The van der Waals surface area contributed by atoms with Crippen molar-refractivity contribution in [1.82, 2.24) is 20.1 Å². The average Bonchev–Trinajstić information content (AvgIpc) is 3.13. The Kier molecular flexibility index (Phi) is 5.41. The van der Waals surface area contributed by atoms with E-state index in [2.05, 4.69) is 21.3 Å². The van der Waals surface area contributed by atoms with Gasteiger partial charge in [-0.25, -0.2) is 4.79 Å². The molecule has 3 aliphatic rings. The summed E-state index contributed by atoms with van der Waals surface area (Å²) in [5, 5.41) is 18.2. The van der Waals surface area contributed by atoms with Gasteiger partial charge in [-0.3, -0.25) is 4.98 Å². The van der Waals surface area contributed by atoms with E-state index in [4.69, 9.17) is 9.15 Å². The summed E-state index contributed by atoms with van der Waals surface area (Å²) < 4.78 is 54.9. The first-order valence-corrected chi connectivity index (χ1v) is 12.8. The second-order valence-corrected chi connectivity index (χ2v) is 11.8. The van der Waals surface area contributed by atoms with Gasteiger partial charge in [-0.2, -0.15) is 18.4 Å². The molecule has 2 aliphatic heterocycles. The molecule has 2 aromatic heterocycles. The maximum atomic E-state index is 14.5. The summed E-state index contributed by atoms with van der Waals surface area (Å²) in [7, 11) is 0. The molecule has 4 heterocycles. The molecule has 1 amide bonds. The highest BCUT2D eigenvalue weighted by atomic mass is 19.4. The van der Waals surface area contributed by atoms with E-state index in [1.54, 1.807) is 61.0 Å². The van der Waals surface area contributed by atoms with Crippen LogP contribution in [0.1, 0.15) is 44.5 Å².